The molecule has 1 aliphatic rings. The molecule has 2 aromatic heterocycles. The third kappa shape index (κ3) is 2.64. The molecule has 2 aromatic rings. The largest absolute Gasteiger partial charge is 0.375 e. The number of nitrogens with zero attached hydrogens (tertiary/aromatic N) is 3. The molecule has 0 N–H and O–H groups in total. The number of hydrogen-bond donors (Lipinski definition) is 0. The van der Waals surface area contributed by atoms with Crippen molar-refractivity contribution in [3.8, 4) is 0 Å². The third-order valence-corrected chi connectivity index (χ3v) is 4.19. The van der Waals surface area contributed by atoms with Crippen molar-refractivity contribution >= 4 is 22.2 Å². The topological polar surface area (TPSA) is 46.8 Å². The summed E-state index contributed by atoms with van der Waals surface area (Å²) in [5, 5.41) is 1.99. The number of ether oxygens (including phenoxy) is 1. The molecule has 1 fully saturated rings. The molecule has 0 aliphatic carbocycles. The first kappa shape index (κ1) is 12.6. The number of carbonyl (C=O) groups is 1. The quantitative estimate of drug-likeness (QED) is 0.857. The van der Waals surface area contributed by atoms with E-state index in [1.165, 1.54) is 0 Å². The SMILES string of the molecule is CC[C@H]1CN(C(=O)Cc2cn3ccsc3n2)CCO1. The summed E-state index contributed by atoms with van der Waals surface area (Å²) < 4.78 is 7.54. The van der Waals surface area contributed by atoms with Gasteiger partial charge in [-0.25, -0.2) is 4.98 Å². The van der Waals surface area contributed by atoms with E-state index in [0.29, 0.717) is 26.1 Å². The molecular formula is C13H17N3O2S. The zero-order chi connectivity index (χ0) is 13.2. The molecule has 0 unspecified atom stereocenters. The minimum Gasteiger partial charge on any atom is -0.375 e. The average Bonchev–Trinajstić information content (AvgIpc) is 2.99. The Balaban J connectivity index is 1.65. The van der Waals surface area contributed by atoms with Gasteiger partial charge in [0.1, 0.15) is 0 Å². The van der Waals surface area contributed by atoms with Crippen molar-refractivity contribution < 1.29 is 9.53 Å². The Labute approximate surface area is 115 Å². The molecule has 1 amide bonds. The van der Waals surface area contributed by atoms with Gasteiger partial charge in [-0.05, 0) is 6.42 Å². The van der Waals surface area contributed by atoms with Gasteiger partial charge >= 0.3 is 0 Å². The van der Waals surface area contributed by atoms with Crippen molar-refractivity contribution in [2.24, 2.45) is 0 Å². The molecule has 1 aliphatic heterocycles. The number of imidazole rings is 1. The molecule has 0 aromatic carbocycles. The molecule has 5 nitrogen and oxygen atoms in total. The summed E-state index contributed by atoms with van der Waals surface area (Å²) in [6.45, 7) is 4.12. The summed E-state index contributed by atoms with van der Waals surface area (Å²) in [6.07, 6.45) is 5.40. The second-order valence-electron chi connectivity index (χ2n) is 4.74. The molecule has 19 heavy (non-hydrogen) atoms. The summed E-state index contributed by atoms with van der Waals surface area (Å²) in [4.78, 5) is 19.5. The number of rotatable bonds is 3. The van der Waals surface area contributed by atoms with Crippen molar-refractivity contribution in [2.75, 3.05) is 19.7 Å². The molecule has 1 atom stereocenters. The van der Waals surface area contributed by atoms with Crippen molar-refractivity contribution in [3.05, 3.63) is 23.5 Å². The van der Waals surface area contributed by atoms with E-state index in [9.17, 15) is 4.79 Å². The Morgan fingerprint density at radius 2 is 2.53 bits per heavy atom. The van der Waals surface area contributed by atoms with Crippen LogP contribution >= 0.6 is 11.3 Å². The zero-order valence-corrected chi connectivity index (χ0v) is 11.7. The first-order chi connectivity index (χ1) is 9.26. The molecule has 0 spiro atoms. The lowest BCUT2D eigenvalue weighted by atomic mass is 10.2. The lowest BCUT2D eigenvalue weighted by Gasteiger charge is -2.32. The molecule has 3 heterocycles. The van der Waals surface area contributed by atoms with Crippen molar-refractivity contribution in [2.45, 2.75) is 25.9 Å². The molecular weight excluding hydrogens is 262 g/mol. The second kappa shape index (κ2) is 5.30. The van der Waals surface area contributed by atoms with E-state index in [0.717, 1.165) is 17.1 Å². The van der Waals surface area contributed by atoms with Crippen molar-refractivity contribution in [3.63, 3.8) is 0 Å². The minimum absolute atomic E-state index is 0.146. The maximum absolute atomic E-state index is 12.3. The smallest absolute Gasteiger partial charge is 0.228 e. The van der Waals surface area contributed by atoms with Crippen LogP contribution in [0.2, 0.25) is 0 Å². The van der Waals surface area contributed by atoms with Gasteiger partial charge in [0, 0.05) is 30.9 Å². The highest BCUT2D eigenvalue weighted by Crippen LogP contribution is 2.14. The van der Waals surface area contributed by atoms with Gasteiger partial charge in [-0.3, -0.25) is 9.20 Å². The highest BCUT2D eigenvalue weighted by atomic mass is 32.1. The van der Waals surface area contributed by atoms with Gasteiger partial charge in [0.15, 0.2) is 4.96 Å². The molecule has 102 valence electrons. The van der Waals surface area contributed by atoms with E-state index in [4.69, 9.17) is 4.74 Å². The van der Waals surface area contributed by atoms with Crippen LogP contribution < -0.4 is 0 Å². The number of aromatic nitrogens is 2. The third-order valence-electron chi connectivity index (χ3n) is 3.42. The molecule has 3 rings (SSSR count). The predicted octanol–water partition coefficient (Wildman–Crippen LogP) is 1.58. The normalized spacial score (nSPS) is 20.1. The highest BCUT2D eigenvalue weighted by Gasteiger charge is 2.23. The number of thiazole rings is 1. The zero-order valence-electron chi connectivity index (χ0n) is 10.9. The lowest BCUT2D eigenvalue weighted by Crippen LogP contribution is -2.46. The maximum atomic E-state index is 12.3. The lowest BCUT2D eigenvalue weighted by molar-refractivity contribution is -0.138. The molecule has 6 heteroatoms. The van der Waals surface area contributed by atoms with Gasteiger partial charge in [0.2, 0.25) is 5.91 Å². The Hall–Kier alpha value is -1.40. The van der Waals surface area contributed by atoms with Gasteiger partial charge in [0.25, 0.3) is 0 Å². The molecule has 0 saturated carbocycles. The summed E-state index contributed by atoms with van der Waals surface area (Å²) in [7, 11) is 0. The van der Waals surface area contributed by atoms with Crippen LogP contribution in [0.15, 0.2) is 17.8 Å². The summed E-state index contributed by atoms with van der Waals surface area (Å²) in [5.41, 5.74) is 0.844. The van der Waals surface area contributed by atoms with Crippen LogP contribution in [0.5, 0.6) is 0 Å². The molecule has 0 radical (unpaired) electrons. The van der Waals surface area contributed by atoms with Gasteiger partial charge in [-0.1, -0.05) is 6.92 Å². The van der Waals surface area contributed by atoms with E-state index in [-0.39, 0.29) is 12.0 Å². The van der Waals surface area contributed by atoms with Crippen LogP contribution in [0.4, 0.5) is 0 Å². The summed E-state index contributed by atoms with van der Waals surface area (Å²) in [6, 6.07) is 0. The van der Waals surface area contributed by atoms with Crippen LogP contribution in [0.3, 0.4) is 0 Å². The van der Waals surface area contributed by atoms with Crippen LogP contribution in [-0.2, 0) is 16.0 Å². The predicted molar refractivity (Wildman–Crippen MR) is 73.4 cm³/mol. The monoisotopic (exact) mass is 279 g/mol. The number of morpholine rings is 1. The van der Waals surface area contributed by atoms with Crippen LogP contribution in [0.1, 0.15) is 19.0 Å². The number of amides is 1. The number of hydrogen-bond acceptors (Lipinski definition) is 4. The number of carbonyl (C=O) groups excluding carboxylic acids is 1. The van der Waals surface area contributed by atoms with E-state index >= 15 is 0 Å². The maximum Gasteiger partial charge on any atom is 0.228 e. The van der Waals surface area contributed by atoms with Crippen molar-refractivity contribution in [1.82, 2.24) is 14.3 Å². The van der Waals surface area contributed by atoms with E-state index in [1.54, 1.807) is 11.3 Å². The van der Waals surface area contributed by atoms with Gasteiger partial charge < -0.3 is 9.64 Å². The molecule has 0 bridgehead atoms. The fourth-order valence-corrected chi connectivity index (χ4v) is 3.04. The van der Waals surface area contributed by atoms with Crippen molar-refractivity contribution in [1.29, 1.82) is 0 Å². The fourth-order valence-electron chi connectivity index (χ4n) is 2.32. The Morgan fingerprint density at radius 1 is 1.63 bits per heavy atom. The Morgan fingerprint density at radius 3 is 3.32 bits per heavy atom. The first-order valence-corrected chi connectivity index (χ1v) is 7.44. The van der Waals surface area contributed by atoms with Gasteiger partial charge in [0.05, 0.1) is 24.8 Å². The Bertz CT molecular complexity index is 549. The van der Waals surface area contributed by atoms with Crippen LogP contribution in [-0.4, -0.2) is 46.0 Å². The van der Waals surface area contributed by atoms with Gasteiger partial charge in [-0.2, -0.15) is 0 Å². The van der Waals surface area contributed by atoms with E-state index in [2.05, 4.69) is 11.9 Å². The van der Waals surface area contributed by atoms with Gasteiger partial charge in [-0.15, -0.1) is 11.3 Å². The van der Waals surface area contributed by atoms with E-state index < -0.39 is 0 Å². The Kier molecular flexibility index (Phi) is 3.52. The minimum atomic E-state index is 0.146. The standard InChI is InChI=1S/C13H17N3O2S/c1-2-11-9-15(3-5-18-11)12(17)7-10-8-16-4-6-19-13(16)14-10/h4,6,8,11H,2-3,5,7,9H2,1H3/t11-/m0/s1. The van der Waals surface area contributed by atoms with E-state index in [1.807, 2.05) is 27.1 Å². The average molecular weight is 279 g/mol. The summed E-state index contributed by atoms with van der Waals surface area (Å²) in [5.74, 6) is 0.146. The molecule has 1 saturated heterocycles. The number of fused-ring (bicyclic) bond motifs is 1. The highest BCUT2D eigenvalue weighted by molar-refractivity contribution is 7.15. The van der Waals surface area contributed by atoms with Crippen LogP contribution in [0.25, 0.3) is 4.96 Å². The fraction of sp³-hybridized carbons (Fsp3) is 0.538. The second-order valence-corrected chi connectivity index (χ2v) is 5.62. The summed E-state index contributed by atoms with van der Waals surface area (Å²) >= 11 is 1.58. The first-order valence-electron chi connectivity index (χ1n) is 6.56. The van der Waals surface area contributed by atoms with Crippen LogP contribution in [0, 0.1) is 0 Å².